The van der Waals surface area contributed by atoms with Gasteiger partial charge in [0.05, 0.1) is 18.8 Å². The van der Waals surface area contributed by atoms with Crippen molar-refractivity contribution in [3.63, 3.8) is 0 Å². The maximum Gasteiger partial charge on any atom is 0.222 e. The molecule has 9 heteroatoms. The van der Waals surface area contributed by atoms with E-state index in [4.69, 9.17) is 18.7 Å². The van der Waals surface area contributed by atoms with Gasteiger partial charge in [-0.05, 0) is 19.2 Å². The Labute approximate surface area is 168 Å². The molecule has 0 radical (unpaired) electrons. The predicted octanol–water partition coefficient (Wildman–Crippen LogP) is 2.44. The van der Waals surface area contributed by atoms with Gasteiger partial charge in [0.1, 0.15) is 11.8 Å². The minimum Gasteiger partial charge on any atom is -0.449 e. The molecule has 0 aliphatic carbocycles. The second-order valence-electron chi connectivity index (χ2n) is 7.68. The number of benzene rings is 1. The number of para-hydroxylation sites is 2. The summed E-state index contributed by atoms with van der Waals surface area (Å²) in [6.45, 7) is 4.67. The summed E-state index contributed by atoms with van der Waals surface area (Å²) in [4.78, 5) is 24.2. The fourth-order valence-electron chi connectivity index (χ4n) is 3.73. The molecule has 0 bridgehead atoms. The van der Waals surface area contributed by atoms with Gasteiger partial charge >= 0.3 is 0 Å². The van der Waals surface area contributed by atoms with Crippen molar-refractivity contribution < 1.29 is 13.7 Å². The minimum atomic E-state index is -0.513. The minimum absolute atomic E-state index is 0.436. The zero-order chi connectivity index (χ0) is 19.8. The van der Waals surface area contributed by atoms with Gasteiger partial charge < -0.3 is 18.6 Å². The average molecular weight is 396 g/mol. The van der Waals surface area contributed by atoms with Crippen LogP contribution in [-0.2, 0) is 17.9 Å². The molecule has 0 atom stereocenters. The number of rotatable bonds is 4. The molecule has 4 heterocycles. The summed E-state index contributed by atoms with van der Waals surface area (Å²) in [6, 6.07) is 7.74. The molecule has 0 saturated carbocycles. The van der Waals surface area contributed by atoms with Gasteiger partial charge in [0, 0.05) is 32.9 Å². The van der Waals surface area contributed by atoms with Crippen LogP contribution in [0, 0.1) is 6.92 Å². The Morgan fingerprint density at radius 1 is 1.17 bits per heavy atom. The second kappa shape index (κ2) is 7.16. The molecule has 1 N–H and O–H groups in total. The first kappa shape index (κ1) is 18.1. The average Bonchev–Trinajstić information content (AvgIpc) is 3.42. The molecule has 0 unspecified atom stereocenters. The number of oxazole rings is 2. The maximum atomic E-state index is 5.95. The molecule has 1 fully saturated rings. The van der Waals surface area contributed by atoms with E-state index >= 15 is 0 Å². The summed E-state index contributed by atoms with van der Waals surface area (Å²) in [7, 11) is 2.12. The highest BCUT2D eigenvalue weighted by Gasteiger charge is 2.41. The molecule has 0 amide bonds. The zero-order valence-electron chi connectivity index (χ0n) is 16.6. The quantitative estimate of drug-likeness (QED) is 0.719. The molecule has 5 rings (SSSR count). The van der Waals surface area contributed by atoms with Crippen LogP contribution in [0.2, 0.25) is 0 Å². The van der Waals surface area contributed by atoms with E-state index in [1.54, 1.807) is 6.26 Å². The summed E-state index contributed by atoms with van der Waals surface area (Å²) >= 11 is 0. The topological polar surface area (TPSA) is 92.2 Å². The fourth-order valence-corrected chi connectivity index (χ4v) is 3.73. The van der Waals surface area contributed by atoms with Gasteiger partial charge in [0.15, 0.2) is 17.2 Å². The summed E-state index contributed by atoms with van der Waals surface area (Å²) in [5, 5.41) is 0. The number of fused-ring (bicyclic) bond motifs is 1. The summed E-state index contributed by atoms with van der Waals surface area (Å²) < 4.78 is 11.3. The Hall–Kier alpha value is -2.91. The molecular weight excluding hydrogens is 372 g/mol. The van der Waals surface area contributed by atoms with E-state index in [2.05, 4.69) is 27.4 Å². The Balaban J connectivity index is 1.42. The number of hydroxylamine groups is 1. The van der Waals surface area contributed by atoms with Crippen LogP contribution in [0.1, 0.15) is 30.3 Å². The van der Waals surface area contributed by atoms with Crippen LogP contribution in [0.15, 0.2) is 44.4 Å². The lowest BCUT2D eigenvalue weighted by molar-refractivity contribution is -0.0875. The van der Waals surface area contributed by atoms with E-state index in [0.717, 1.165) is 42.7 Å². The van der Waals surface area contributed by atoms with E-state index in [-0.39, 0.29) is 0 Å². The standard InChI is InChI=1S/C20H24N6O3/c1-14-21-15(13-27-14)11-26(12-18-22-16-5-3-4-6-17(16)28-18)19-23-20(29-24-19)7-9-25(2)10-8-20/h3-6,13H,7-12H2,1-2H3,(H,23,24). The van der Waals surface area contributed by atoms with Crippen LogP contribution < -0.4 is 5.48 Å². The van der Waals surface area contributed by atoms with E-state index < -0.39 is 5.72 Å². The van der Waals surface area contributed by atoms with Gasteiger partial charge in [0.2, 0.25) is 11.9 Å². The first-order valence-electron chi connectivity index (χ1n) is 9.81. The van der Waals surface area contributed by atoms with Crippen molar-refractivity contribution in [3.8, 4) is 0 Å². The normalized spacial score (nSPS) is 18.9. The van der Waals surface area contributed by atoms with Crippen molar-refractivity contribution in [3.05, 3.63) is 48.0 Å². The molecule has 3 aromatic rings. The van der Waals surface area contributed by atoms with Crippen molar-refractivity contribution in [2.24, 2.45) is 4.99 Å². The maximum absolute atomic E-state index is 5.95. The number of likely N-dealkylation sites (tertiary alicyclic amines) is 1. The van der Waals surface area contributed by atoms with Crippen LogP contribution in [0.4, 0.5) is 0 Å². The van der Waals surface area contributed by atoms with Gasteiger partial charge in [-0.25, -0.2) is 25.3 Å². The third-order valence-corrected chi connectivity index (χ3v) is 5.39. The number of aromatic nitrogens is 2. The third kappa shape index (κ3) is 3.70. The summed E-state index contributed by atoms with van der Waals surface area (Å²) in [5.41, 5.74) is 4.95. The second-order valence-corrected chi connectivity index (χ2v) is 7.68. The molecule has 29 heavy (non-hydrogen) atoms. The number of hydrogen-bond donors (Lipinski definition) is 1. The van der Waals surface area contributed by atoms with Crippen molar-refractivity contribution in [1.29, 1.82) is 0 Å². The molecule has 1 saturated heterocycles. The first-order chi connectivity index (χ1) is 14.1. The lowest BCUT2D eigenvalue weighted by atomic mass is 10.0. The highest BCUT2D eigenvalue weighted by Crippen LogP contribution is 2.30. The summed E-state index contributed by atoms with van der Waals surface area (Å²) in [5.74, 6) is 1.91. The number of guanidine groups is 1. The number of aliphatic imine (C=N–C) groups is 1. The highest BCUT2D eigenvalue weighted by molar-refractivity contribution is 5.80. The molecule has 152 valence electrons. The molecule has 2 aromatic heterocycles. The van der Waals surface area contributed by atoms with Gasteiger partial charge in [-0.2, -0.15) is 0 Å². The van der Waals surface area contributed by atoms with E-state index in [9.17, 15) is 0 Å². The van der Waals surface area contributed by atoms with Crippen LogP contribution >= 0.6 is 0 Å². The SMILES string of the molecule is Cc1nc(CN(Cc2nc3ccccc3o2)C2=NC3(CCN(C)CC3)ON2)co1. The fraction of sp³-hybridized carbons (Fsp3) is 0.450. The van der Waals surface area contributed by atoms with E-state index in [1.165, 1.54) is 0 Å². The molecule has 9 nitrogen and oxygen atoms in total. The van der Waals surface area contributed by atoms with Gasteiger partial charge in [-0.3, -0.25) is 0 Å². The van der Waals surface area contributed by atoms with Gasteiger partial charge in [-0.1, -0.05) is 12.1 Å². The van der Waals surface area contributed by atoms with E-state index in [0.29, 0.717) is 30.8 Å². The zero-order valence-corrected chi connectivity index (χ0v) is 16.6. The Kier molecular flexibility index (Phi) is 4.48. The Bertz CT molecular complexity index is 1000. The molecule has 1 spiro atoms. The van der Waals surface area contributed by atoms with Crippen molar-refractivity contribution in [2.45, 2.75) is 38.6 Å². The lowest BCUT2D eigenvalue weighted by Crippen LogP contribution is -2.43. The van der Waals surface area contributed by atoms with Crippen molar-refractivity contribution in [1.82, 2.24) is 25.2 Å². The van der Waals surface area contributed by atoms with Crippen molar-refractivity contribution >= 4 is 17.1 Å². The smallest absolute Gasteiger partial charge is 0.222 e. The number of piperidine rings is 1. The molecule has 2 aliphatic heterocycles. The monoisotopic (exact) mass is 396 g/mol. The lowest BCUT2D eigenvalue weighted by Gasteiger charge is -2.33. The van der Waals surface area contributed by atoms with Crippen LogP contribution in [-0.4, -0.2) is 51.6 Å². The number of nitrogens with zero attached hydrogens (tertiary/aromatic N) is 5. The third-order valence-electron chi connectivity index (χ3n) is 5.39. The number of hydrogen-bond acceptors (Lipinski definition) is 9. The van der Waals surface area contributed by atoms with Crippen LogP contribution in [0.25, 0.3) is 11.1 Å². The van der Waals surface area contributed by atoms with E-state index in [1.807, 2.05) is 36.1 Å². The van der Waals surface area contributed by atoms with Crippen LogP contribution in [0.5, 0.6) is 0 Å². The largest absolute Gasteiger partial charge is 0.449 e. The Morgan fingerprint density at radius 3 is 2.76 bits per heavy atom. The predicted molar refractivity (Wildman–Crippen MR) is 106 cm³/mol. The molecular formula is C20H24N6O3. The van der Waals surface area contributed by atoms with Gasteiger partial charge in [0.25, 0.3) is 0 Å². The summed E-state index contributed by atoms with van der Waals surface area (Å²) in [6.07, 6.45) is 3.36. The van der Waals surface area contributed by atoms with Crippen molar-refractivity contribution in [2.75, 3.05) is 20.1 Å². The molecule has 2 aliphatic rings. The number of nitrogens with one attached hydrogen (secondary N) is 1. The van der Waals surface area contributed by atoms with Crippen LogP contribution in [0.3, 0.4) is 0 Å². The molecule has 1 aromatic carbocycles. The number of aryl methyl sites for hydroxylation is 1. The highest BCUT2D eigenvalue weighted by atomic mass is 16.7. The Morgan fingerprint density at radius 2 is 2.00 bits per heavy atom. The first-order valence-corrected chi connectivity index (χ1v) is 9.81. The van der Waals surface area contributed by atoms with Gasteiger partial charge in [-0.15, -0.1) is 0 Å².